The van der Waals surface area contributed by atoms with Crippen LogP contribution >= 0.6 is 0 Å². The first-order valence-electron chi connectivity index (χ1n) is 11.4. The predicted octanol–water partition coefficient (Wildman–Crippen LogP) is 3.85. The summed E-state index contributed by atoms with van der Waals surface area (Å²) in [6, 6.07) is 15.1. The Morgan fingerprint density at radius 2 is 1.79 bits per heavy atom. The zero-order valence-electron chi connectivity index (χ0n) is 19.1. The number of piperidine rings is 1. The van der Waals surface area contributed by atoms with Gasteiger partial charge in [0.25, 0.3) is 5.89 Å². The lowest BCUT2D eigenvalue weighted by Crippen LogP contribution is -2.44. The van der Waals surface area contributed by atoms with E-state index >= 15 is 0 Å². The summed E-state index contributed by atoms with van der Waals surface area (Å²) in [7, 11) is 0. The van der Waals surface area contributed by atoms with E-state index in [1.807, 2.05) is 60.4 Å². The number of nitrogens with zero attached hydrogens (tertiary/aromatic N) is 5. The van der Waals surface area contributed by atoms with E-state index in [1.165, 1.54) is 0 Å². The minimum absolute atomic E-state index is 0.0109. The maximum atomic E-state index is 12.8. The Morgan fingerprint density at radius 3 is 2.45 bits per heavy atom. The summed E-state index contributed by atoms with van der Waals surface area (Å²) in [5.74, 6) is 1.03. The average molecular weight is 448 g/mol. The summed E-state index contributed by atoms with van der Waals surface area (Å²) >= 11 is 0. The molecule has 1 aliphatic heterocycles. The Morgan fingerprint density at radius 1 is 1.06 bits per heavy atom. The van der Waals surface area contributed by atoms with Crippen molar-refractivity contribution in [2.45, 2.75) is 44.9 Å². The standard InChI is InChI=1S/C25H29N5O3/c1-3-30(19-9-5-4-6-10-19)22(32)13-12-21(31)29-17-14-25(2,15-18-29)24-27-23(33-28-24)20-11-7-8-16-26-20/h4-11,16H,3,12-15,17-18H2,1-2H3. The molecule has 1 aromatic carbocycles. The third-order valence-corrected chi connectivity index (χ3v) is 6.31. The highest BCUT2D eigenvalue weighted by Gasteiger charge is 2.37. The number of amides is 2. The van der Waals surface area contributed by atoms with Crippen molar-refractivity contribution in [3.63, 3.8) is 0 Å². The monoisotopic (exact) mass is 447 g/mol. The van der Waals surface area contributed by atoms with Gasteiger partial charge in [-0.3, -0.25) is 14.6 Å². The lowest BCUT2D eigenvalue weighted by atomic mass is 9.79. The predicted molar refractivity (Wildman–Crippen MR) is 124 cm³/mol. The Bertz CT molecular complexity index is 1080. The van der Waals surface area contributed by atoms with Crippen molar-refractivity contribution in [3.8, 4) is 11.6 Å². The fourth-order valence-electron chi connectivity index (χ4n) is 4.15. The van der Waals surface area contributed by atoms with Crippen LogP contribution in [0.25, 0.3) is 11.6 Å². The third kappa shape index (κ3) is 5.10. The van der Waals surface area contributed by atoms with Crippen molar-refractivity contribution in [1.29, 1.82) is 0 Å². The largest absolute Gasteiger partial charge is 0.343 e. The number of hydrogen-bond acceptors (Lipinski definition) is 6. The summed E-state index contributed by atoms with van der Waals surface area (Å²) < 4.78 is 5.43. The van der Waals surface area contributed by atoms with Gasteiger partial charge in [-0.1, -0.05) is 36.3 Å². The Balaban J connectivity index is 1.31. The van der Waals surface area contributed by atoms with Crippen molar-refractivity contribution in [2.75, 3.05) is 24.5 Å². The molecule has 33 heavy (non-hydrogen) atoms. The second-order valence-electron chi connectivity index (χ2n) is 8.55. The molecule has 0 radical (unpaired) electrons. The molecule has 172 valence electrons. The van der Waals surface area contributed by atoms with E-state index in [2.05, 4.69) is 22.0 Å². The number of benzene rings is 1. The molecule has 0 saturated carbocycles. The summed E-state index contributed by atoms with van der Waals surface area (Å²) in [5, 5.41) is 4.20. The van der Waals surface area contributed by atoms with Gasteiger partial charge in [-0.25, -0.2) is 0 Å². The molecule has 3 heterocycles. The highest BCUT2D eigenvalue weighted by molar-refractivity contribution is 5.95. The van der Waals surface area contributed by atoms with Gasteiger partial charge < -0.3 is 14.3 Å². The maximum Gasteiger partial charge on any atom is 0.276 e. The van der Waals surface area contributed by atoms with Crippen LogP contribution in [0, 0.1) is 0 Å². The van der Waals surface area contributed by atoms with Crippen LogP contribution in [0.3, 0.4) is 0 Å². The number of rotatable bonds is 7. The number of carbonyl (C=O) groups is 2. The van der Waals surface area contributed by atoms with Crippen molar-refractivity contribution in [2.24, 2.45) is 0 Å². The fourth-order valence-corrected chi connectivity index (χ4v) is 4.15. The van der Waals surface area contributed by atoms with E-state index in [1.54, 1.807) is 11.1 Å². The van der Waals surface area contributed by atoms with Crippen LogP contribution in [0.5, 0.6) is 0 Å². The number of likely N-dealkylation sites (tertiary alicyclic amines) is 1. The third-order valence-electron chi connectivity index (χ3n) is 6.31. The molecular weight excluding hydrogens is 418 g/mol. The number of aromatic nitrogens is 3. The van der Waals surface area contributed by atoms with Gasteiger partial charge in [0.1, 0.15) is 5.69 Å². The van der Waals surface area contributed by atoms with Gasteiger partial charge in [-0.15, -0.1) is 0 Å². The first kappa shape index (κ1) is 22.6. The van der Waals surface area contributed by atoms with Crippen LogP contribution in [0.2, 0.25) is 0 Å². The number of pyridine rings is 1. The molecule has 1 fully saturated rings. The lowest BCUT2D eigenvalue weighted by molar-refractivity contribution is -0.134. The Hall–Kier alpha value is -3.55. The summed E-state index contributed by atoms with van der Waals surface area (Å²) in [6.45, 7) is 5.82. The van der Waals surface area contributed by atoms with E-state index in [0.29, 0.717) is 37.0 Å². The van der Waals surface area contributed by atoms with Crippen LogP contribution < -0.4 is 4.90 Å². The number of anilines is 1. The topological polar surface area (TPSA) is 92.4 Å². The number of para-hydroxylation sites is 1. The highest BCUT2D eigenvalue weighted by Crippen LogP contribution is 2.34. The first-order valence-corrected chi connectivity index (χ1v) is 11.4. The van der Waals surface area contributed by atoms with Gasteiger partial charge in [-0.2, -0.15) is 4.98 Å². The molecule has 2 amide bonds. The lowest BCUT2D eigenvalue weighted by Gasteiger charge is -2.37. The summed E-state index contributed by atoms with van der Waals surface area (Å²) in [4.78, 5) is 37.9. The summed E-state index contributed by atoms with van der Waals surface area (Å²) in [6.07, 6.45) is 3.58. The molecule has 0 spiro atoms. The van der Waals surface area contributed by atoms with Crippen LogP contribution in [-0.4, -0.2) is 51.5 Å². The smallest absolute Gasteiger partial charge is 0.276 e. The van der Waals surface area contributed by atoms with Crippen molar-refractivity contribution in [3.05, 3.63) is 60.6 Å². The first-order chi connectivity index (χ1) is 16.0. The molecule has 0 N–H and O–H groups in total. The maximum absolute atomic E-state index is 12.8. The zero-order valence-corrected chi connectivity index (χ0v) is 19.1. The van der Waals surface area contributed by atoms with Crippen molar-refractivity contribution < 1.29 is 14.1 Å². The summed E-state index contributed by atoms with van der Waals surface area (Å²) in [5.41, 5.74) is 1.24. The van der Waals surface area contributed by atoms with Gasteiger partial charge in [0.15, 0.2) is 5.82 Å². The van der Waals surface area contributed by atoms with Gasteiger partial charge in [-0.05, 0) is 44.0 Å². The van der Waals surface area contributed by atoms with Crippen LogP contribution in [0.1, 0.15) is 45.4 Å². The SMILES string of the molecule is CCN(C(=O)CCC(=O)N1CCC(C)(c2noc(-c3ccccn3)n2)CC1)c1ccccc1. The normalized spacial score (nSPS) is 15.3. The van der Waals surface area contributed by atoms with Crippen LogP contribution in [-0.2, 0) is 15.0 Å². The highest BCUT2D eigenvalue weighted by atomic mass is 16.5. The Labute approximate surface area is 193 Å². The molecule has 3 aromatic rings. The molecular formula is C25H29N5O3. The fraction of sp³-hybridized carbons (Fsp3) is 0.400. The minimum atomic E-state index is -0.268. The number of hydrogen-bond donors (Lipinski definition) is 0. The van der Waals surface area contributed by atoms with Crippen molar-refractivity contribution in [1.82, 2.24) is 20.0 Å². The van der Waals surface area contributed by atoms with E-state index in [9.17, 15) is 9.59 Å². The molecule has 8 heteroatoms. The second-order valence-corrected chi connectivity index (χ2v) is 8.55. The molecule has 1 saturated heterocycles. The van der Waals surface area contributed by atoms with Gasteiger partial charge in [0, 0.05) is 49.8 Å². The molecule has 0 atom stereocenters. The van der Waals surface area contributed by atoms with Gasteiger partial charge >= 0.3 is 0 Å². The van der Waals surface area contributed by atoms with E-state index in [0.717, 1.165) is 18.5 Å². The Kier molecular flexibility index (Phi) is 6.82. The van der Waals surface area contributed by atoms with Crippen LogP contribution in [0.4, 0.5) is 5.69 Å². The molecule has 1 aliphatic rings. The van der Waals surface area contributed by atoms with E-state index in [4.69, 9.17) is 4.52 Å². The minimum Gasteiger partial charge on any atom is -0.343 e. The van der Waals surface area contributed by atoms with E-state index in [-0.39, 0.29) is 30.1 Å². The zero-order chi connectivity index (χ0) is 23.3. The second kappa shape index (κ2) is 9.94. The molecule has 2 aromatic heterocycles. The quantitative estimate of drug-likeness (QED) is 0.546. The molecule has 8 nitrogen and oxygen atoms in total. The molecule has 0 unspecified atom stereocenters. The van der Waals surface area contributed by atoms with E-state index < -0.39 is 0 Å². The molecule has 4 rings (SSSR count). The van der Waals surface area contributed by atoms with Gasteiger partial charge in [0.05, 0.1) is 0 Å². The van der Waals surface area contributed by atoms with Crippen LogP contribution in [0.15, 0.2) is 59.3 Å². The van der Waals surface area contributed by atoms with Gasteiger partial charge in [0.2, 0.25) is 11.8 Å². The molecule has 0 aliphatic carbocycles. The average Bonchev–Trinajstić information content (AvgIpc) is 3.36. The van der Waals surface area contributed by atoms with Crippen molar-refractivity contribution >= 4 is 17.5 Å². The number of carbonyl (C=O) groups excluding carboxylic acids is 2. The molecule has 0 bridgehead atoms.